The molecule has 0 atom stereocenters. The van der Waals surface area contributed by atoms with Crippen molar-refractivity contribution in [2.24, 2.45) is 0 Å². The zero-order valence-corrected chi connectivity index (χ0v) is 7.87. The van der Waals surface area contributed by atoms with Gasteiger partial charge in [-0.2, -0.15) is 0 Å². The Morgan fingerprint density at radius 1 is 1.64 bits per heavy atom. The third-order valence-corrected chi connectivity index (χ3v) is 2.58. The molecule has 0 rings (SSSR count). The smallest absolute Gasteiger partial charge is 0.264 e. The second kappa shape index (κ2) is 3.78. The summed E-state index contributed by atoms with van der Waals surface area (Å²) in [5, 5.41) is 0. The van der Waals surface area contributed by atoms with E-state index in [1.54, 1.807) is 0 Å². The zero-order chi connectivity index (χ0) is 9.07. The minimum atomic E-state index is -3.72. The van der Waals surface area contributed by atoms with Gasteiger partial charge in [-0.3, -0.25) is 0 Å². The standard InChI is InChI=1S/C6H9ClO3S/c1-4-6(5(2)10-3)11(7,8)9/h4H,1H2,2-3H3/b6-5+. The van der Waals surface area contributed by atoms with Gasteiger partial charge in [-0.1, -0.05) is 6.58 Å². The Morgan fingerprint density at radius 3 is 2.18 bits per heavy atom. The molecule has 0 saturated carbocycles. The number of ether oxygens (including phenoxy) is 1. The quantitative estimate of drug-likeness (QED) is 0.392. The third kappa shape index (κ3) is 2.95. The van der Waals surface area contributed by atoms with Gasteiger partial charge in [-0.05, 0) is 13.0 Å². The normalized spacial score (nSPS) is 13.7. The van der Waals surface area contributed by atoms with Crippen molar-refractivity contribution in [1.82, 2.24) is 0 Å². The molecule has 3 nitrogen and oxygen atoms in total. The summed E-state index contributed by atoms with van der Waals surface area (Å²) in [5.41, 5.74) is 0. The molecule has 0 spiro atoms. The van der Waals surface area contributed by atoms with E-state index in [-0.39, 0.29) is 10.7 Å². The van der Waals surface area contributed by atoms with Crippen molar-refractivity contribution in [3.63, 3.8) is 0 Å². The highest BCUT2D eigenvalue weighted by molar-refractivity contribution is 8.17. The van der Waals surface area contributed by atoms with Gasteiger partial charge >= 0.3 is 0 Å². The first-order valence-electron chi connectivity index (χ1n) is 2.75. The Labute approximate surface area is 70.7 Å². The Bertz CT molecular complexity index is 276. The molecule has 0 bridgehead atoms. The molecule has 64 valence electrons. The lowest BCUT2D eigenvalue weighted by atomic mass is 10.5. The van der Waals surface area contributed by atoms with Crippen molar-refractivity contribution in [3.05, 3.63) is 23.3 Å². The fourth-order valence-electron chi connectivity index (χ4n) is 0.516. The van der Waals surface area contributed by atoms with Gasteiger partial charge in [0.25, 0.3) is 9.05 Å². The van der Waals surface area contributed by atoms with Crippen LogP contribution in [0, 0.1) is 0 Å². The van der Waals surface area contributed by atoms with Crippen LogP contribution in [0.1, 0.15) is 6.92 Å². The summed E-state index contributed by atoms with van der Waals surface area (Å²) in [4.78, 5) is -0.0957. The monoisotopic (exact) mass is 196 g/mol. The van der Waals surface area contributed by atoms with E-state index in [0.717, 1.165) is 6.08 Å². The van der Waals surface area contributed by atoms with E-state index in [1.807, 2.05) is 0 Å². The molecule has 0 heterocycles. The molecule has 0 fully saturated rings. The van der Waals surface area contributed by atoms with Gasteiger partial charge in [-0.25, -0.2) is 8.42 Å². The average Bonchev–Trinajstić information content (AvgIpc) is 1.86. The maximum absolute atomic E-state index is 10.7. The van der Waals surface area contributed by atoms with E-state index in [9.17, 15) is 8.42 Å². The van der Waals surface area contributed by atoms with Gasteiger partial charge < -0.3 is 4.74 Å². The van der Waals surface area contributed by atoms with E-state index in [0.29, 0.717) is 0 Å². The van der Waals surface area contributed by atoms with E-state index in [4.69, 9.17) is 10.7 Å². The van der Waals surface area contributed by atoms with Crippen molar-refractivity contribution in [1.29, 1.82) is 0 Å². The van der Waals surface area contributed by atoms with E-state index in [2.05, 4.69) is 11.3 Å². The van der Waals surface area contributed by atoms with Crippen LogP contribution in [0.3, 0.4) is 0 Å². The molecule has 0 aromatic rings. The third-order valence-electron chi connectivity index (χ3n) is 1.10. The van der Waals surface area contributed by atoms with Crippen molar-refractivity contribution >= 4 is 19.7 Å². The van der Waals surface area contributed by atoms with E-state index in [1.165, 1.54) is 14.0 Å². The summed E-state index contributed by atoms with van der Waals surface area (Å²) in [7, 11) is 2.68. The van der Waals surface area contributed by atoms with Crippen molar-refractivity contribution in [2.45, 2.75) is 6.92 Å². The molecule has 0 aliphatic carbocycles. The van der Waals surface area contributed by atoms with Crippen LogP contribution in [0.4, 0.5) is 0 Å². The predicted molar refractivity (Wildman–Crippen MR) is 44.7 cm³/mol. The Kier molecular flexibility index (Phi) is 3.62. The fourth-order valence-corrected chi connectivity index (χ4v) is 1.66. The molecule has 5 heteroatoms. The molecule has 0 aromatic carbocycles. The molecular formula is C6H9ClO3S. The van der Waals surface area contributed by atoms with Gasteiger partial charge in [0.05, 0.1) is 7.11 Å². The van der Waals surface area contributed by atoms with Gasteiger partial charge in [0, 0.05) is 10.7 Å². The molecule has 0 aromatic heterocycles. The number of rotatable bonds is 3. The summed E-state index contributed by atoms with van der Waals surface area (Å²) in [6.07, 6.45) is 1.14. The number of methoxy groups -OCH3 is 1. The lowest BCUT2D eigenvalue weighted by Crippen LogP contribution is -1.96. The molecule has 0 unspecified atom stereocenters. The first-order chi connectivity index (χ1) is 4.93. The minimum absolute atomic E-state index is 0.0957. The van der Waals surface area contributed by atoms with E-state index < -0.39 is 9.05 Å². The van der Waals surface area contributed by atoms with Crippen molar-refractivity contribution in [2.75, 3.05) is 7.11 Å². The first kappa shape index (κ1) is 10.5. The lowest BCUT2D eigenvalue weighted by molar-refractivity contribution is 0.292. The molecule has 0 aliphatic heterocycles. The van der Waals surface area contributed by atoms with Crippen molar-refractivity contribution < 1.29 is 13.2 Å². The molecule has 0 aliphatic rings. The first-order valence-corrected chi connectivity index (χ1v) is 5.06. The van der Waals surface area contributed by atoms with E-state index >= 15 is 0 Å². The predicted octanol–water partition coefficient (Wildman–Crippen LogP) is 1.62. The maximum Gasteiger partial charge on any atom is 0.264 e. The second-order valence-corrected chi connectivity index (χ2v) is 4.30. The van der Waals surface area contributed by atoms with Crippen LogP contribution in [-0.2, 0) is 13.8 Å². The largest absolute Gasteiger partial charge is 0.500 e. The summed E-state index contributed by atoms with van der Waals surface area (Å²) >= 11 is 0. The van der Waals surface area contributed by atoms with Crippen LogP contribution >= 0.6 is 10.7 Å². The molecule has 0 N–H and O–H groups in total. The van der Waals surface area contributed by atoms with Crippen molar-refractivity contribution in [3.8, 4) is 0 Å². The number of hydrogen-bond donors (Lipinski definition) is 0. The second-order valence-electron chi connectivity index (χ2n) is 1.77. The highest BCUT2D eigenvalue weighted by Gasteiger charge is 2.14. The zero-order valence-electron chi connectivity index (χ0n) is 6.30. The summed E-state index contributed by atoms with van der Waals surface area (Å²) < 4.78 is 26.1. The lowest BCUT2D eigenvalue weighted by Gasteiger charge is -2.02. The number of halogens is 1. The van der Waals surface area contributed by atoms with Crippen LogP contribution < -0.4 is 0 Å². The summed E-state index contributed by atoms with van der Waals surface area (Å²) in [6, 6.07) is 0. The van der Waals surface area contributed by atoms with Gasteiger partial charge in [0.1, 0.15) is 10.7 Å². The Hall–Kier alpha value is -0.480. The highest BCUT2D eigenvalue weighted by Crippen LogP contribution is 2.17. The Morgan fingerprint density at radius 2 is 2.09 bits per heavy atom. The number of allylic oxidation sites excluding steroid dienone is 2. The molecule has 0 saturated heterocycles. The molecule has 11 heavy (non-hydrogen) atoms. The van der Waals surface area contributed by atoms with Crippen LogP contribution in [0.15, 0.2) is 23.3 Å². The molecular weight excluding hydrogens is 188 g/mol. The summed E-state index contributed by atoms with van der Waals surface area (Å²) in [6.45, 7) is 4.79. The topological polar surface area (TPSA) is 43.4 Å². The Balaban J connectivity index is 5.15. The van der Waals surface area contributed by atoms with Crippen LogP contribution in [0.25, 0.3) is 0 Å². The van der Waals surface area contributed by atoms with Crippen LogP contribution in [0.2, 0.25) is 0 Å². The maximum atomic E-state index is 10.7. The van der Waals surface area contributed by atoms with Crippen LogP contribution in [0.5, 0.6) is 0 Å². The summed E-state index contributed by atoms with van der Waals surface area (Å²) in [5.74, 6) is 0.231. The van der Waals surface area contributed by atoms with Gasteiger partial charge in [0.15, 0.2) is 0 Å². The highest BCUT2D eigenvalue weighted by atomic mass is 35.7. The SMILES string of the molecule is C=C/C(=C(/C)OC)S(=O)(=O)Cl. The van der Waals surface area contributed by atoms with Crippen LogP contribution in [-0.4, -0.2) is 15.5 Å². The molecule has 0 amide bonds. The minimum Gasteiger partial charge on any atom is -0.500 e. The molecule has 0 radical (unpaired) electrons. The fraction of sp³-hybridized carbons (Fsp3) is 0.333. The van der Waals surface area contributed by atoms with Gasteiger partial charge in [-0.15, -0.1) is 0 Å². The average molecular weight is 197 g/mol. The van der Waals surface area contributed by atoms with Gasteiger partial charge in [0.2, 0.25) is 0 Å². The number of hydrogen-bond acceptors (Lipinski definition) is 3.